The first-order valence-corrected chi connectivity index (χ1v) is 10.9. The molecule has 1 saturated heterocycles. The van der Waals surface area contributed by atoms with Crippen LogP contribution >= 0.6 is 11.8 Å². The smallest absolute Gasteiger partial charge is 0.235 e. The van der Waals surface area contributed by atoms with Crippen molar-refractivity contribution < 1.29 is 4.79 Å². The highest BCUT2D eigenvalue weighted by Gasteiger charge is 2.26. The Kier molecular flexibility index (Phi) is 5.94. The second kappa shape index (κ2) is 8.78. The number of carbonyl (C=O) groups excluding carboxylic acids is 1. The summed E-state index contributed by atoms with van der Waals surface area (Å²) in [7, 11) is 0. The molecule has 3 aromatic rings. The summed E-state index contributed by atoms with van der Waals surface area (Å²) < 4.78 is 2.04. The predicted octanol–water partition coefficient (Wildman–Crippen LogP) is 4.13. The minimum absolute atomic E-state index is 0.178. The zero-order valence-electron chi connectivity index (χ0n) is 16.8. The zero-order chi connectivity index (χ0) is 20.2. The second-order valence-electron chi connectivity index (χ2n) is 7.32. The second-order valence-corrected chi connectivity index (χ2v) is 8.62. The van der Waals surface area contributed by atoms with E-state index in [1.165, 1.54) is 18.2 Å². The molecule has 29 heavy (non-hydrogen) atoms. The van der Waals surface area contributed by atoms with Gasteiger partial charge in [0.2, 0.25) is 5.91 Å². The molecule has 1 atom stereocenters. The van der Waals surface area contributed by atoms with Crippen molar-refractivity contribution in [3.05, 3.63) is 54.4 Å². The molecular weight excluding hydrogens is 382 g/mol. The van der Waals surface area contributed by atoms with Gasteiger partial charge in [-0.25, -0.2) is 0 Å². The normalized spacial score (nSPS) is 15.3. The Morgan fingerprint density at radius 1 is 1.07 bits per heavy atom. The van der Waals surface area contributed by atoms with Gasteiger partial charge in [0.1, 0.15) is 0 Å². The summed E-state index contributed by atoms with van der Waals surface area (Å²) >= 11 is 1.47. The maximum absolute atomic E-state index is 12.9. The van der Waals surface area contributed by atoms with Crippen LogP contribution in [0.15, 0.2) is 53.9 Å². The van der Waals surface area contributed by atoms with Gasteiger partial charge in [0.05, 0.1) is 10.9 Å². The quantitative estimate of drug-likeness (QED) is 0.595. The van der Waals surface area contributed by atoms with Crippen molar-refractivity contribution in [2.24, 2.45) is 0 Å². The van der Waals surface area contributed by atoms with Crippen LogP contribution in [0.1, 0.15) is 31.7 Å². The molecule has 1 amide bonds. The number of pyridine rings is 1. The fourth-order valence-corrected chi connectivity index (χ4v) is 4.58. The topological polar surface area (TPSA) is 63.9 Å². The van der Waals surface area contributed by atoms with Gasteiger partial charge in [0.15, 0.2) is 11.0 Å². The molecule has 0 N–H and O–H groups in total. The number of benzene rings is 1. The van der Waals surface area contributed by atoms with Gasteiger partial charge in [-0.15, -0.1) is 10.2 Å². The fourth-order valence-electron chi connectivity index (χ4n) is 3.64. The fraction of sp³-hybridized carbons (Fsp3) is 0.364. The predicted molar refractivity (Wildman–Crippen MR) is 115 cm³/mol. The van der Waals surface area contributed by atoms with E-state index in [9.17, 15) is 4.79 Å². The summed E-state index contributed by atoms with van der Waals surface area (Å²) in [5.74, 6) is 0.907. The summed E-state index contributed by atoms with van der Waals surface area (Å²) in [6.45, 7) is 5.74. The molecule has 1 aromatic carbocycles. The van der Waals surface area contributed by atoms with Crippen LogP contribution in [0.4, 0.5) is 0 Å². The molecule has 3 heterocycles. The summed E-state index contributed by atoms with van der Waals surface area (Å²) in [6, 6.07) is 12.0. The molecule has 0 aliphatic carbocycles. The molecule has 0 radical (unpaired) electrons. The number of likely N-dealkylation sites (tertiary alicyclic amines) is 1. The highest BCUT2D eigenvalue weighted by Crippen LogP contribution is 2.31. The van der Waals surface area contributed by atoms with Crippen molar-refractivity contribution >= 4 is 17.7 Å². The summed E-state index contributed by atoms with van der Waals surface area (Å²) in [5, 5.41) is 9.41. The Morgan fingerprint density at radius 3 is 2.59 bits per heavy atom. The van der Waals surface area contributed by atoms with Crippen molar-refractivity contribution in [1.82, 2.24) is 24.6 Å². The van der Waals surface area contributed by atoms with Crippen LogP contribution in [0.3, 0.4) is 0 Å². The third kappa shape index (κ3) is 4.19. The number of piperidine rings is 1. The number of amides is 1. The van der Waals surface area contributed by atoms with Crippen molar-refractivity contribution in [2.75, 3.05) is 13.1 Å². The lowest BCUT2D eigenvalue weighted by Crippen LogP contribution is -2.40. The molecule has 0 saturated carbocycles. The summed E-state index contributed by atoms with van der Waals surface area (Å²) in [4.78, 5) is 19.1. The Labute approximate surface area is 175 Å². The molecule has 1 unspecified atom stereocenters. The minimum Gasteiger partial charge on any atom is -0.342 e. The van der Waals surface area contributed by atoms with E-state index in [1.54, 1.807) is 12.4 Å². The monoisotopic (exact) mass is 407 g/mol. The van der Waals surface area contributed by atoms with E-state index in [2.05, 4.69) is 34.2 Å². The molecule has 0 spiro atoms. The van der Waals surface area contributed by atoms with Gasteiger partial charge in [0.25, 0.3) is 0 Å². The lowest BCUT2D eigenvalue weighted by molar-refractivity contribution is -0.131. The van der Waals surface area contributed by atoms with E-state index in [1.807, 2.05) is 40.7 Å². The van der Waals surface area contributed by atoms with Crippen molar-refractivity contribution in [3.8, 4) is 17.1 Å². The van der Waals surface area contributed by atoms with E-state index < -0.39 is 0 Å². The number of nitrogens with zero attached hydrogens (tertiary/aromatic N) is 5. The zero-order valence-corrected chi connectivity index (χ0v) is 17.6. The highest BCUT2D eigenvalue weighted by molar-refractivity contribution is 8.00. The van der Waals surface area contributed by atoms with E-state index in [0.29, 0.717) is 0 Å². The van der Waals surface area contributed by atoms with Gasteiger partial charge >= 0.3 is 0 Å². The summed E-state index contributed by atoms with van der Waals surface area (Å²) in [5.41, 5.74) is 3.02. The van der Waals surface area contributed by atoms with Crippen LogP contribution in [0.5, 0.6) is 0 Å². The first-order chi connectivity index (χ1) is 14.1. The van der Waals surface area contributed by atoms with Crippen LogP contribution in [0, 0.1) is 6.92 Å². The Balaban J connectivity index is 1.69. The van der Waals surface area contributed by atoms with E-state index >= 15 is 0 Å². The van der Waals surface area contributed by atoms with Crippen molar-refractivity contribution in [3.63, 3.8) is 0 Å². The average molecular weight is 408 g/mol. The standard InChI is InChI=1S/C22H25N5OS/c1-16-9-4-5-11-19(16)27-20(18-10-8-12-23-15-18)24-25-22(27)29-17(2)21(28)26-13-6-3-7-14-26/h4-5,8-12,15,17H,3,6-7,13-14H2,1-2H3. The van der Waals surface area contributed by atoms with E-state index in [0.717, 1.165) is 53.7 Å². The molecule has 1 fully saturated rings. The lowest BCUT2D eigenvalue weighted by atomic mass is 10.1. The van der Waals surface area contributed by atoms with Crippen LogP contribution in [0.25, 0.3) is 17.1 Å². The molecule has 4 rings (SSSR count). The number of hydrogen-bond donors (Lipinski definition) is 0. The number of rotatable bonds is 5. The Morgan fingerprint density at radius 2 is 1.86 bits per heavy atom. The van der Waals surface area contributed by atoms with Crippen LogP contribution < -0.4 is 0 Å². The van der Waals surface area contributed by atoms with Gasteiger partial charge in [-0.3, -0.25) is 14.3 Å². The first-order valence-electron chi connectivity index (χ1n) is 10.0. The third-order valence-electron chi connectivity index (χ3n) is 5.21. The number of hydrogen-bond acceptors (Lipinski definition) is 5. The van der Waals surface area contributed by atoms with Crippen molar-refractivity contribution in [2.45, 2.75) is 43.5 Å². The van der Waals surface area contributed by atoms with Gasteiger partial charge in [-0.2, -0.15) is 0 Å². The van der Waals surface area contributed by atoms with Gasteiger partial charge in [-0.1, -0.05) is 30.0 Å². The molecule has 6 nitrogen and oxygen atoms in total. The maximum atomic E-state index is 12.9. The molecule has 150 valence electrons. The SMILES string of the molecule is Cc1ccccc1-n1c(SC(C)C(=O)N2CCCCC2)nnc1-c1cccnc1. The molecule has 1 aliphatic rings. The first kappa shape index (κ1) is 19.6. The van der Waals surface area contributed by atoms with E-state index in [4.69, 9.17) is 0 Å². The number of aromatic nitrogens is 4. The average Bonchev–Trinajstić information content (AvgIpc) is 3.18. The van der Waals surface area contributed by atoms with Crippen LogP contribution in [0.2, 0.25) is 0 Å². The third-order valence-corrected chi connectivity index (χ3v) is 6.24. The number of carbonyl (C=O) groups is 1. The minimum atomic E-state index is -0.221. The number of para-hydroxylation sites is 1. The summed E-state index contributed by atoms with van der Waals surface area (Å²) in [6.07, 6.45) is 6.92. The molecule has 2 aromatic heterocycles. The number of thioether (sulfide) groups is 1. The van der Waals surface area contributed by atoms with Gasteiger partial charge < -0.3 is 4.90 Å². The molecule has 7 heteroatoms. The molecule has 1 aliphatic heterocycles. The largest absolute Gasteiger partial charge is 0.342 e. The molecule has 0 bridgehead atoms. The van der Waals surface area contributed by atoms with Crippen LogP contribution in [-0.2, 0) is 4.79 Å². The van der Waals surface area contributed by atoms with E-state index in [-0.39, 0.29) is 11.2 Å². The Hall–Kier alpha value is -2.67. The Bertz CT molecular complexity index is 982. The highest BCUT2D eigenvalue weighted by atomic mass is 32.2. The van der Waals surface area contributed by atoms with Gasteiger partial charge in [0, 0.05) is 31.0 Å². The number of aryl methyl sites for hydroxylation is 1. The lowest BCUT2D eigenvalue weighted by Gasteiger charge is -2.28. The van der Waals surface area contributed by atoms with Gasteiger partial charge in [-0.05, 0) is 56.9 Å². The van der Waals surface area contributed by atoms with Crippen LogP contribution in [-0.4, -0.2) is 48.9 Å². The van der Waals surface area contributed by atoms with Crippen molar-refractivity contribution in [1.29, 1.82) is 0 Å². The molecular formula is C22H25N5OS. The maximum Gasteiger partial charge on any atom is 0.235 e.